The molecular weight excluding hydrogens is 213 g/mol. The molecule has 78 valence electrons. The first kappa shape index (κ1) is 9.25. The van der Waals surface area contributed by atoms with E-state index in [0.717, 1.165) is 5.23 Å². The van der Waals surface area contributed by atoms with Crippen LogP contribution in [0.15, 0.2) is 10.1 Å². The summed E-state index contributed by atoms with van der Waals surface area (Å²) in [6.45, 7) is 0. The summed E-state index contributed by atoms with van der Waals surface area (Å²) in [5.41, 5.74) is 5.49. The number of nitrogens with two attached hydrogens (primary N) is 1. The molecule has 10 heteroatoms. The van der Waals surface area contributed by atoms with E-state index in [9.17, 15) is 4.57 Å². The summed E-state index contributed by atoms with van der Waals surface area (Å²) in [5, 5.41) is 4.17. The fourth-order valence-electron chi connectivity index (χ4n) is 0.674. The van der Waals surface area contributed by atoms with E-state index in [1.54, 1.807) is 19.0 Å². The van der Waals surface area contributed by atoms with Crippen molar-refractivity contribution in [2.45, 2.75) is 0 Å². The summed E-state index contributed by atoms with van der Waals surface area (Å²) in [6, 6.07) is 0. The number of hydrogen-bond donors (Lipinski definition) is 1. The van der Waals surface area contributed by atoms with Crippen LogP contribution in [0.4, 0.5) is 0 Å². The van der Waals surface area contributed by atoms with Gasteiger partial charge in [-0.2, -0.15) is 4.99 Å². The number of nitrogens with zero attached hydrogens (tertiary/aromatic N) is 4. The summed E-state index contributed by atoms with van der Waals surface area (Å²) in [7, 11) is -0.0325. The van der Waals surface area contributed by atoms with Crippen LogP contribution >= 0.6 is 7.82 Å². The summed E-state index contributed by atoms with van der Waals surface area (Å²) in [5.74, 6) is 0.136. The van der Waals surface area contributed by atoms with Crippen LogP contribution in [0.1, 0.15) is 0 Å². The van der Waals surface area contributed by atoms with E-state index in [1.807, 2.05) is 0 Å². The molecule has 3 heterocycles. The Kier molecular flexibility index (Phi) is 1.88. The van der Waals surface area contributed by atoms with E-state index < -0.39 is 7.82 Å². The maximum absolute atomic E-state index is 11.0. The standard InChI is InChI=1S/C4H8N5O4P/c1-8(2)3(5)6-4-7-11-14(10)12-9(4)13-14/h1-2H3,(H2,5,6,7). The van der Waals surface area contributed by atoms with Crippen LogP contribution in [0.2, 0.25) is 0 Å². The molecular formula is C4H8N5O4P. The number of hydroxylamine groups is 2. The highest BCUT2D eigenvalue weighted by molar-refractivity contribution is 7.49. The maximum Gasteiger partial charge on any atom is 0.599 e. The van der Waals surface area contributed by atoms with Gasteiger partial charge >= 0.3 is 13.8 Å². The second kappa shape index (κ2) is 2.84. The zero-order chi connectivity index (χ0) is 10.3. The van der Waals surface area contributed by atoms with Crippen LogP contribution in [0, 0.1) is 0 Å². The number of fused-ring (bicyclic) bond motifs is 1. The first-order chi connectivity index (χ1) is 6.50. The van der Waals surface area contributed by atoms with Gasteiger partial charge in [-0.1, -0.05) is 5.23 Å². The van der Waals surface area contributed by atoms with Crippen molar-refractivity contribution >= 4 is 19.7 Å². The Morgan fingerprint density at radius 1 is 1.64 bits per heavy atom. The molecule has 3 aliphatic heterocycles. The minimum Gasteiger partial charge on any atom is -0.369 e. The normalized spacial score (nSPS) is 23.4. The fraction of sp³-hybridized carbons (Fsp3) is 0.500. The highest BCUT2D eigenvalue weighted by Crippen LogP contribution is 2.62. The highest BCUT2D eigenvalue weighted by atomic mass is 31.2. The van der Waals surface area contributed by atoms with Gasteiger partial charge in [-0.15, -0.1) is 9.25 Å². The van der Waals surface area contributed by atoms with Gasteiger partial charge in [-0.25, -0.2) is 4.57 Å². The molecule has 0 radical (unpaired) electrons. The monoisotopic (exact) mass is 221 g/mol. The second-order valence-electron chi connectivity index (χ2n) is 2.70. The lowest BCUT2D eigenvalue weighted by molar-refractivity contribution is -0.312. The molecule has 0 aliphatic carbocycles. The lowest BCUT2D eigenvalue weighted by Crippen LogP contribution is -2.43. The number of hydrogen-bond acceptors (Lipinski definition) is 7. The molecule has 0 aromatic carbocycles. The molecule has 0 amide bonds. The van der Waals surface area contributed by atoms with Crippen molar-refractivity contribution < 1.29 is 18.4 Å². The zero-order valence-corrected chi connectivity index (χ0v) is 8.34. The summed E-state index contributed by atoms with van der Waals surface area (Å²) in [6.07, 6.45) is 0. The molecule has 3 aliphatic rings. The van der Waals surface area contributed by atoms with E-state index in [1.165, 1.54) is 0 Å². The number of phosphoric acid groups is 1. The number of guanidine groups is 2. The average Bonchev–Trinajstić information content (AvgIpc) is 2.06. The molecule has 0 saturated carbocycles. The van der Waals surface area contributed by atoms with Gasteiger partial charge in [0.2, 0.25) is 0 Å². The lowest BCUT2D eigenvalue weighted by Gasteiger charge is -2.35. The molecule has 1 saturated heterocycles. The van der Waals surface area contributed by atoms with Gasteiger partial charge in [-0.05, 0) is 5.16 Å². The average molecular weight is 221 g/mol. The summed E-state index contributed by atoms with van der Waals surface area (Å²) < 4.78 is 24.5. The third-order valence-corrected chi connectivity index (χ3v) is 2.39. The number of aliphatic imine (C=N–C) groups is 1. The Balaban J connectivity index is 2.14. The summed E-state index contributed by atoms with van der Waals surface area (Å²) >= 11 is 0. The third kappa shape index (κ3) is 1.41. The molecule has 0 aromatic rings. The molecule has 1 fully saturated rings. The quantitative estimate of drug-likeness (QED) is 0.332. The van der Waals surface area contributed by atoms with Gasteiger partial charge < -0.3 is 10.6 Å². The molecule has 14 heavy (non-hydrogen) atoms. The van der Waals surface area contributed by atoms with Crippen molar-refractivity contribution in [3.63, 3.8) is 0 Å². The molecule has 9 nitrogen and oxygen atoms in total. The van der Waals surface area contributed by atoms with Crippen LogP contribution in [-0.2, 0) is 18.4 Å². The Bertz CT molecular complexity index is 355. The molecule has 2 N–H and O–H groups in total. The van der Waals surface area contributed by atoms with E-state index in [-0.39, 0.29) is 11.9 Å². The Morgan fingerprint density at radius 3 is 2.71 bits per heavy atom. The van der Waals surface area contributed by atoms with E-state index >= 15 is 0 Å². The predicted molar refractivity (Wildman–Crippen MR) is 45.4 cm³/mol. The van der Waals surface area contributed by atoms with Crippen LogP contribution in [0.25, 0.3) is 0 Å². The molecule has 2 bridgehead atoms. The highest BCUT2D eigenvalue weighted by Gasteiger charge is 2.53. The molecule has 3 rings (SSSR count). The van der Waals surface area contributed by atoms with Gasteiger partial charge in [0, 0.05) is 14.1 Å². The van der Waals surface area contributed by atoms with Gasteiger partial charge in [0.1, 0.15) is 0 Å². The Labute approximate surface area is 79.2 Å². The van der Waals surface area contributed by atoms with E-state index in [0.29, 0.717) is 0 Å². The molecule has 0 spiro atoms. The van der Waals surface area contributed by atoms with Crippen LogP contribution in [0.5, 0.6) is 0 Å². The van der Waals surface area contributed by atoms with Crippen molar-refractivity contribution in [1.82, 2.24) is 10.1 Å². The topological polar surface area (TPSA) is 102 Å². The number of rotatable bonds is 0. The fourth-order valence-corrected chi connectivity index (χ4v) is 1.43. The minimum absolute atomic E-state index is 0.0473. The van der Waals surface area contributed by atoms with Gasteiger partial charge in [-0.3, -0.25) is 4.62 Å². The zero-order valence-electron chi connectivity index (χ0n) is 7.45. The first-order valence-electron chi connectivity index (χ1n) is 3.58. The Hall–Kier alpha value is -1.31. The predicted octanol–water partition coefficient (Wildman–Crippen LogP) is -0.549. The van der Waals surface area contributed by atoms with Crippen molar-refractivity contribution in [2.24, 2.45) is 15.9 Å². The molecule has 0 unspecified atom stereocenters. The van der Waals surface area contributed by atoms with Crippen molar-refractivity contribution in [2.75, 3.05) is 14.1 Å². The first-order valence-corrected chi connectivity index (χ1v) is 5.04. The van der Waals surface area contributed by atoms with Crippen LogP contribution < -0.4 is 5.73 Å². The van der Waals surface area contributed by atoms with Crippen molar-refractivity contribution in [1.29, 1.82) is 0 Å². The largest absolute Gasteiger partial charge is 0.599 e. The lowest BCUT2D eigenvalue weighted by atomic mass is 10.8. The smallest absolute Gasteiger partial charge is 0.369 e. The van der Waals surface area contributed by atoms with Gasteiger partial charge in [0.15, 0.2) is 5.96 Å². The Morgan fingerprint density at radius 2 is 2.29 bits per heavy atom. The minimum atomic E-state index is -3.43. The maximum atomic E-state index is 11.0. The number of oxime groups is 1. The van der Waals surface area contributed by atoms with E-state index in [2.05, 4.69) is 24.0 Å². The van der Waals surface area contributed by atoms with Crippen LogP contribution in [0.3, 0.4) is 0 Å². The third-order valence-electron chi connectivity index (χ3n) is 1.41. The molecule has 0 aromatic heterocycles. The molecule has 0 atom stereocenters. The van der Waals surface area contributed by atoms with Crippen molar-refractivity contribution in [3.8, 4) is 0 Å². The van der Waals surface area contributed by atoms with E-state index in [4.69, 9.17) is 5.73 Å². The van der Waals surface area contributed by atoms with Crippen LogP contribution in [-0.4, -0.2) is 36.1 Å². The van der Waals surface area contributed by atoms with Gasteiger partial charge in [0.25, 0.3) is 0 Å². The summed E-state index contributed by atoms with van der Waals surface area (Å²) in [4.78, 5) is 5.34. The second-order valence-corrected chi connectivity index (χ2v) is 4.09. The van der Waals surface area contributed by atoms with Crippen molar-refractivity contribution in [3.05, 3.63) is 0 Å². The SMILES string of the molecule is CN(C)/C(N)=N/C1=NOP2(=O)ON1O2. The van der Waals surface area contributed by atoms with Gasteiger partial charge in [0.05, 0.1) is 0 Å².